The molecule has 0 aromatic heterocycles. The first kappa shape index (κ1) is 19.4. The predicted octanol–water partition coefficient (Wildman–Crippen LogP) is 2.20. The largest absolute Gasteiger partial charge is 0.479 e. The molecule has 1 aromatic carbocycles. The molecule has 1 rings (SSSR count). The van der Waals surface area contributed by atoms with Crippen molar-refractivity contribution in [1.29, 1.82) is 0 Å². The molecular weight excluding hydrogens is 322 g/mol. The third-order valence-corrected chi connectivity index (χ3v) is 3.74. The molecule has 0 saturated heterocycles. The molecule has 0 fully saturated rings. The molecule has 0 bridgehead atoms. The van der Waals surface area contributed by atoms with E-state index in [1.165, 1.54) is 0 Å². The molecule has 23 heavy (non-hydrogen) atoms. The highest BCUT2D eigenvalue weighted by molar-refractivity contribution is 6.30. The molecule has 1 atom stereocenters. The van der Waals surface area contributed by atoms with Gasteiger partial charge in [0.15, 0.2) is 5.54 Å². The predicted molar refractivity (Wildman–Crippen MR) is 86.5 cm³/mol. The zero-order chi connectivity index (χ0) is 17.3. The minimum absolute atomic E-state index is 0.0757. The highest BCUT2D eigenvalue weighted by Crippen LogP contribution is 2.27. The summed E-state index contributed by atoms with van der Waals surface area (Å²) in [6.07, 6.45) is 0.284. The SMILES string of the molecule is CCC(NC(=O)CCOCCOC)(C(=O)O)c1ccc(Cl)cc1. The number of hydrogen-bond donors (Lipinski definition) is 2. The third kappa shape index (κ3) is 5.49. The fourth-order valence-corrected chi connectivity index (χ4v) is 2.26. The maximum Gasteiger partial charge on any atom is 0.334 e. The van der Waals surface area contributed by atoms with Gasteiger partial charge >= 0.3 is 5.97 Å². The van der Waals surface area contributed by atoms with Crippen molar-refractivity contribution in [1.82, 2.24) is 5.32 Å². The van der Waals surface area contributed by atoms with Crippen LogP contribution in [0.1, 0.15) is 25.3 Å². The van der Waals surface area contributed by atoms with E-state index in [-0.39, 0.29) is 25.4 Å². The number of carbonyl (C=O) groups is 2. The topological polar surface area (TPSA) is 84.9 Å². The zero-order valence-corrected chi connectivity index (χ0v) is 14.1. The van der Waals surface area contributed by atoms with E-state index in [0.29, 0.717) is 23.8 Å². The van der Waals surface area contributed by atoms with Crippen molar-refractivity contribution in [3.05, 3.63) is 34.9 Å². The third-order valence-electron chi connectivity index (χ3n) is 3.49. The number of rotatable bonds is 10. The van der Waals surface area contributed by atoms with E-state index in [9.17, 15) is 14.7 Å². The number of amides is 1. The van der Waals surface area contributed by atoms with Crippen LogP contribution in [0.2, 0.25) is 5.02 Å². The summed E-state index contributed by atoms with van der Waals surface area (Å²) < 4.78 is 10.1. The monoisotopic (exact) mass is 343 g/mol. The summed E-state index contributed by atoms with van der Waals surface area (Å²) in [6, 6.07) is 6.42. The highest BCUT2D eigenvalue weighted by Gasteiger charge is 2.40. The molecule has 0 saturated carbocycles. The second kappa shape index (κ2) is 9.50. The van der Waals surface area contributed by atoms with Gasteiger partial charge in [0.05, 0.1) is 19.8 Å². The van der Waals surface area contributed by atoms with Crippen LogP contribution in [0.5, 0.6) is 0 Å². The summed E-state index contributed by atoms with van der Waals surface area (Å²) in [5, 5.41) is 12.8. The van der Waals surface area contributed by atoms with Crippen LogP contribution in [0.3, 0.4) is 0 Å². The van der Waals surface area contributed by atoms with Gasteiger partial charge in [-0.05, 0) is 24.1 Å². The molecule has 6 nitrogen and oxygen atoms in total. The molecule has 1 aromatic rings. The van der Waals surface area contributed by atoms with Gasteiger partial charge in [-0.1, -0.05) is 30.7 Å². The number of benzene rings is 1. The lowest BCUT2D eigenvalue weighted by Crippen LogP contribution is -2.51. The van der Waals surface area contributed by atoms with Gasteiger partial charge in [-0.25, -0.2) is 4.79 Å². The van der Waals surface area contributed by atoms with E-state index in [1.54, 1.807) is 38.3 Å². The molecule has 0 aliphatic carbocycles. The van der Waals surface area contributed by atoms with Gasteiger partial charge < -0.3 is 19.9 Å². The average molecular weight is 344 g/mol. The van der Waals surface area contributed by atoms with Crippen LogP contribution in [-0.2, 0) is 24.6 Å². The number of aliphatic carboxylic acids is 1. The van der Waals surface area contributed by atoms with E-state index in [2.05, 4.69) is 5.32 Å². The molecule has 2 N–H and O–H groups in total. The van der Waals surface area contributed by atoms with Gasteiger partial charge in [0, 0.05) is 18.6 Å². The van der Waals surface area contributed by atoms with E-state index in [1.807, 2.05) is 0 Å². The summed E-state index contributed by atoms with van der Waals surface area (Å²) >= 11 is 5.84. The van der Waals surface area contributed by atoms with Gasteiger partial charge in [-0.2, -0.15) is 0 Å². The van der Waals surface area contributed by atoms with Crippen LogP contribution in [0.4, 0.5) is 0 Å². The number of ether oxygens (including phenoxy) is 2. The Bertz CT molecular complexity index is 520. The van der Waals surface area contributed by atoms with Crippen molar-refractivity contribution in [2.45, 2.75) is 25.3 Å². The van der Waals surface area contributed by atoms with Crippen LogP contribution in [0.25, 0.3) is 0 Å². The summed E-state index contributed by atoms with van der Waals surface area (Å²) in [5.41, 5.74) is -1.00. The maximum absolute atomic E-state index is 12.1. The smallest absolute Gasteiger partial charge is 0.334 e. The Morgan fingerprint density at radius 2 is 1.87 bits per heavy atom. The Labute approximate surface area is 140 Å². The van der Waals surface area contributed by atoms with Gasteiger partial charge in [0.25, 0.3) is 0 Å². The van der Waals surface area contributed by atoms with Gasteiger partial charge in [0.2, 0.25) is 5.91 Å². The minimum atomic E-state index is -1.48. The van der Waals surface area contributed by atoms with Gasteiger partial charge in [-0.15, -0.1) is 0 Å². The molecule has 0 aliphatic heterocycles. The second-order valence-corrected chi connectivity index (χ2v) is 5.41. The van der Waals surface area contributed by atoms with Gasteiger partial charge in [0.1, 0.15) is 0 Å². The summed E-state index contributed by atoms with van der Waals surface area (Å²) in [6.45, 7) is 2.74. The summed E-state index contributed by atoms with van der Waals surface area (Å²) in [7, 11) is 1.56. The number of carboxylic acid groups (broad SMARTS) is 1. The lowest BCUT2D eigenvalue weighted by Gasteiger charge is -2.30. The molecule has 128 valence electrons. The van der Waals surface area contributed by atoms with Crippen LogP contribution >= 0.6 is 11.6 Å². The Morgan fingerprint density at radius 1 is 1.22 bits per heavy atom. The number of methoxy groups -OCH3 is 1. The lowest BCUT2D eigenvalue weighted by atomic mass is 9.87. The standard InChI is InChI=1S/C16H22ClNO5/c1-3-16(15(20)21,12-4-6-13(17)7-5-12)18-14(19)8-9-23-11-10-22-2/h4-7H,3,8-11H2,1-2H3,(H,18,19)(H,20,21). The fraction of sp³-hybridized carbons (Fsp3) is 0.500. The fourth-order valence-electron chi connectivity index (χ4n) is 2.14. The van der Waals surface area contributed by atoms with Crippen molar-refractivity contribution in [3.8, 4) is 0 Å². The van der Waals surface area contributed by atoms with Crippen molar-refractivity contribution in [3.63, 3.8) is 0 Å². The van der Waals surface area contributed by atoms with E-state index in [0.717, 1.165) is 0 Å². The minimum Gasteiger partial charge on any atom is -0.479 e. The number of carboxylic acids is 1. The first-order valence-corrected chi connectivity index (χ1v) is 7.71. The Morgan fingerprint density at radius 3 is 2.39 bits per heavy atom. The first-order valence-electron chi connectivity index (χ1n) is 7.33. The van der Waals surface area contributed by atoms with Crippen molar-refractivity contribution in [2.24, 2.45) is 0 Å². The number of halogens is 1. The summed E-state index contributed by atoms with van der Waals surface area (Å²) in [5.74, 6) is -1.50. The average Bonchev–Trinajstić information content (AvgIpc) is 2.53. The number of nitrogens with one attached hydrogen (secondary N) is 1. The second-order valence-electron chi connectivity index (χ2n) is 4.97. The van der Waals surface area contributed by atoms with Crippen LogP contribution < -0.4 is 5.32 Å². The maximum atomic E-state index is 12.1. The molecule has 0 aliphatic rings. The quantitative estimate of drug-likeness (QED) is 0.636. The van der Waals surface area contributed by atoms with E-state index >= 15 is 0 Å². The zero-order valence-electron chi connectivity index (χ0n) is 13.3. The Kier molecular flexibility index (Phi) is 8.02. The lowest BCUT2D eigenvalue weighted by molar-refractivity contribution is -0.148. The molecular formula is C16H22ClNO5. The molecule has 0 spiro atoms. The Hall–Kier alpha value is -1.63. The van der Waals surface area contributed by atoms with Crippen molar-refractivity contribution < 1.29 is 24.2 Å². The van der Waals surface area contributed by atoms with E-state index < -0.39 is 11.5 Å². The van der Waals surface area contributed by atoms with Crippen LogP contribution in [0, 0.1) is 0 Å². The van der Waals surface area contributed by atoms with Crippen molar-refractivity contribution >= 4 is 23.5 Å². The van der Waals surface area contributed by atoms with Crippen molar-refractivity contribution in [2.75, 3.05) is 26.9 Å². The van der Waals surface area contributed by atoms with Crippen LogP contribution in [0.15, 0.2) is 24.3 Å². The van der Waals surface area contributed by atoms with E-state index in [4.69, 9.17) is 21.1 Å². The molecule has 1 unspecified atom stereocenters. The Balaban J connectivity index is 2.77. The van der Waals surface area contributed by atoms with Crippen LogP contribution in [-0.4, -0.2) is 43.9 Å². The number of carbonyl (C=O) groups excluding carboxylic acids is 1. The number of hydrogen-bond acceptors (Lipinski definition) is 4. The normalized spacial score (nSPS) is 13.3. The molecule has 7 heteroatoms. The first-order chi connectivity index (χ1) is 11.0. The molecule has 0 radical (unpaired) electrons. The highest BCUT2D eigenvalue weighted by atomic mass is 35.5. The molecule has 0 heterocycles. The molecule has 1 amide bonds. The van der Waals surface area contributed by atoms with Gasteiger partial charge in [-0.3, -0.25) is 4.79 Å². The summed E-state index contributed by atoms with van der Waals surface area (Å²) in [4.78, 5) is 23.9.